The molecule has 0 fully saturated rings. The predicted molar refractivity (Wildman–Crippen MR) is 116 cm³/mol. The largest absolute Gasteiger partial charge is 0.322 e. The van der Waals surface area contributed by atoms with Crippen LogP contribution in [0.4, 0.5) is 17.1 Å². The van der Waals surface area contributed by atoms with Crippen molar-refractivity contribution in [3.05, 3.63) is 88.5 Å². The Morgan fingerprint density at radius 2 is 1.41 bits per heavy atom. The lowest BCUT2D eigenvalue weighted by molar-refractivity contribution is -0.384. The lowest BCUT2D eigenvalue weighted by atomic mass is 10.2. The zero-order chi connectivity index (χ0) is 23.5. The Bertz CT molecular complexity index is 1390. The molecule has 3 aromatic carbocycles. The Balaban J connectivity index is 1.72. The monoisotopic (exact) mass is 476 g/mol. The number of hydrogen-bond donors (Lipinski definition) is 3. The molecule has 0 saturated heterocycles. The first-order valence-electron chi connectivity index (χ1n) is 8.77. The lowest BCUT2D eigenvalue weighted by Gasteiger charge is -2.10. The maximum absolute atomic E-state index is 12.5. The molecule has 0 saturated carbocycles. The zero-order valence-electron chi connectivity index (χ0n) is 16.1. The van der Waals surface area contributed by atoms with Crippen LogP contribution in [-0.4, -0.2) is 27.7 Å². The van der Waals surface area contributed by atoms with Gasteiger partial charge in [-0.2, -0.15) is 0 Å². The van der Waals surface area contributed by atoms with Crippen LogP contribution in [0.2, 0.25) is 0 Å². The molecular formula is C19H16N4O7S2. The summed E-state index contributed by atoms with van der Waals surface area (Å²) in [5.41, 5.74) is 0.237. The number of carbonyl (C=O) groups is 1. The van der Waals surface area contributed by atoms with Crippen molar-refractivity contribution in [3.8, 4) is 0 Å². The molecular weight excluding hydrogens is 460 g/mol. The van der Waals surface area contributed by atoms with Crippen LogP contribution >= 0.6 is 0 Å². The number of carbonyl (C=O) groups excluding carboxylic acids is 1. The first-order chi connectivity index (χ1) is 15.0. The van der Waals surface area contributed by atoms with E-state index in [1.807, 2.05) is 0 Å². The third-order valence-electron chi connectivity index (χ3n) is 4.18. The second-order valence-corrected chi connectivity index (χ2v) is 9.70. The van der Waals surface area contributed by atoms with E-state index >= 15 is 0 Å². The molecule has 0 radical (unpaired) electrons. The van der Waals surface area contributed by atoms with Gasteiger partial charge in [0.1, 0.15) is 0 Å². The van der Waals surface area contributed by atoms with Gasteiger partial charge in [0.05, 0.1) is 14.7 Å². The van der Waals surface area contributed by atoms with Crippen LogP contribution in [0.1, 0.15) is 10.4 Å². The highest BCUT2D eigenvalue weighted by atomic mass is 32.2. The third-order valence-corrected chi connectivity index (χ3v) is 6.50. The number of hydrogen-bond acceptors (Lipinski definition) is 7. The van der Waals surface area contributed by atoms with Gasteiger partial charge < -0.3 is 5.32 Å². The van der Waals surface area contributed by atoms with E-state index in [1.54, 1.807) is 0 Å². The number of rotatable bonds is 7. The van der Waals surface area contributed by atoms with Gasteiger partial charge in [0.15, 0.2) is 0 Å². The summed E-state index contributed by atoms with van der Waals surface area (Å²) in [6.07, 6.45) is 0. The molecule has 32 heavy (non-hydrogen) atoms. The van der Waals surface area contributed by atoms with Crippen LogP contribution in [0.15, 0.2) is 82.6 Å². The van der Waals surface area contributed by atoms with E-state index in [4.69, 9.17) is 5.14 Å². The minimum Gasteiger partial charge on any atom is -0.322 e. The summed E-state index contributed by atoms with van der Waals surface area (Å²) >= 11 is 0. The summed E-state index contributed by atoms with van der Waals surface area (Å²) in [5, 5.41) is 18.4. The second-order valence-electron chi connectivity index (χ2n) is 6.46. The maximum atomic E-state index is 12.5. The minimum absolute atomic E-state index is 0.0699. The fourth-order valence-corrected chi connectivity index (χ4v) is 4.18. The third kappa shape index (κ3) is 5.46. The fourth-order valence-electron chi connectivity index (χ4n) is 2.61. The van der Waals surface area contributed by atoms with Gasteiger partial charge in [-0.05, 0) is 54.6 Å². The molecule has 3 rings (SSSR count). The predicted octanol–water partition coefficient (Wildman–Crippen LogP) is 2.30. The van der Waals surface area contributed by atoms with E-state index in [1.165, 1.54) is 66.7 Å². The number of non-ortho nitro benzene ring substituents is 1. The number of amides is 1. The Morgan fingerprint density at radius 1 is 0.844 bits per heavy atom. The van der Waals surface area contributed by atoms with Crippen LogP contribution in [-0.2, 0) is 20.0 Å². The molecule has 0 heterocycles. The Morgan fingerprint density at radius 3 is 1.97 bits per heavy atom. The molecule has 0 atom stereocenters. The van der Waals surface area contributed by atoms with E-state index in [9.17, 15) is 31.7 Å². The molecule has 0 aliphatic heterocycles. The van der Waals surface area contributed by atoms with Crippen molar-refractivity contribution in [2.45, 2.75) is 9.79 Å². The number of benzene rings is 3. The van der Waals surface area contributed by atoms with Crippen molar-refractivity contribution in [2.24, 2.45) is 5.14 Å². The van der Waals surface area contributed by atoms with Gasteiger partial charge >= 0.3 is 0 Å². The summed E-state index contributed by atoms with van der Waals surface area (Å²) in [5.74, 6) is -0.600. The zero-order valence-corrected chi connectivity index (χ0v) is 17.8. The quantitative estimate of drug-likeness (QED) is 0.346. The normalized spacial score (nSPS) is 11.5. The summed E-state index contributed by atoms with van der Waals surface area (Å²) < 4.78 is 49.9. The van der Waals surface area contributed by atoms with Gasteiger partial charge in [0, 0.05) is 29.1 Å². The number of nitro benzene ring substituents is 1. The molecule has 0 bridgehead atoms. The molecule has 1 amide bonds. The number of nitro groups is 1. The van der Waals surface area contributed by atoms with Gasteiger partial charge in [0.2, 0.25) is 10.0 Å². The topological polar surface area (TPSA) is 179 Å². The summed E-state index contributed by atoms with van der Waals surface area (Å²) in [6, 6.07) is 15.2. The molecule has 3 aromatic rings. The lowest BCUT2D eigenvalue weighted by Crippen LogP contribution is -2.15. The smallest absolute Gasteiger partial charge is 0.270 e. The van der Waals surface area contributed by atoms with Crippen LogP contribution < -0.4 is 15.2 Å². The highest BCUT2D eigenvalue weighted by molar-refractivity contribution is 7.92. The standard InChI is InChI=1S/C19H16N4O7S2/c20-31(27,28)17-8-6-15(7-9-17)22-32(29,30)18-10-4-14(5-11-18)21-19(24)13-2-1-3-16(12-13)23(25)26/h1-12,22H,(H,21,24)(H2,20,27,28). The average molecular weight is 476 g/mol. The molecule has 166 valence electrons. The Hall–Kier alpha value is -3.81. The molecule has 0 aliphatic carbocycles. The van der Waals surface area contributed by atoms with E-state index in [-0.39, 0.29) is 32.4 Å². The van der Waals surface area contributed by atoms with Crippen molar-refractivity contribution in [1.29, 1.82) is 0 Å². The highest BCUT2D eigenvalue weighted by Gasteiger charge is 2.16. The van der Waals surface area contributed by atoms with E-state index in [0.717, 1.165) is 6.07 Å². The number of nitrogens with zero attached hydrogens (tertiary/aromatic N) is 1. The molecule has 0 unspecified atom stereocenters. The Labute approximate surface area is 183 Å². The van der Waals surface area contributed by atoms with Crippen molar-refractivity contribution in [1.82, 2.24) is 0 Å². The minimum atomic E-state index is -3.99. The van der Waals surface area contributed by atoms with Gasteiger partial charge in [0.25, 0.3) is 21.6 Å². The van der Waals surface area contributed by atoms with Crippen LogP contribution in [0.25, 0.3) is 0 Å². The van der Waals surface area contributed by atoms with Crippen LogP contribution in [0, 0.1) is 10.1 Å². The number of nitrogens with one attached hydrogen (secondary N) is 2. The summed E-state index contributed by atoms with van der Waals surface area (Å²) in [7, 11) is -7.89. The van der Waals surface area contributed by atoms with Crippen LogP contribution in [0.3, 0.4) is 0 Å². The maximum Gasteiger partial charge on any atom is 0.270 e. The molecule has 0 aromatic heterocycles. The summed E-state index contributed by atoms with van der Waals surface area (Å²) in [4.78, 5) is 22.2. The Kier molecular flexibility index (Phi) is 6.25. The second kappa shape index (κ2) is 8.74. The van der Waals surface area contributed by atoms with Crippen molar-refractivity contribution >= 4 is 43.0 Å². The SMILES string of the molecule is NS(=O)(=O)c1ccc(NS(=O)(=O)c2ccc(NC(=O)c3cccc([N+](=O)[O-])c3)cc2)cc1. The number of nitrogens with two attached hydrogens (primary N) is 1. The molecule has 11 nitrogen and oxygen atoms in total. The van der Waals surface area contributed by atoms with Crippen LogP contribution in [0.5, 0.6) is 0 Å². The molecule has 4 N–H and O–H groups in total. The van der Waals surface area contributed by atoms with E-state index < -0.39 is 30.9 Å². The number of sulfonamides is 2. The molecule has 0 spiro atoms. The van der Waals surface area contributed by atoms with Gasteiger partial charge in [-0.25, -0.2) is 22.0 Å². The summed E-state index contributed by atoms with van der Waals surface area (Å²) in [6.45, 7) is 0. The first-order valence-corrected chi connectivity index (χ1v) is 11.8. The van der Waals surface area contributed by atoms with Crippen molar-refractivity contribution < 1.29 is 26.6 Å². The molecule has 13 heteroatoms. The fraction of sp³-hybridized carbons (Fsp3) is 0. The highest BCUT2D eigenvalue weighted by Crippen LogP contribution is 2.20. The van der Waals surface area contributed by atoms with Crippen molar-refractivity contribution in [2.75, 3.05) is 10.0 Å². The van der Waals surface area contributed by atoms with Gasteiger partial charge in [-0.1, -0.05) is 6.07 Å². The average Bonchev–Trinajstić information content (AvgIpc) is 2.73. The number of anilines is 2. The van der Waals surface area contributed by atoms with Crippen molar-refractivity contribution in [3.63, 3.8) is 0 Å². The number of primary sulfonamides is 1. The van der Waals surface area contributed by atoms with Gasteiger partial charge in [-0.15, -0.1) is 0 Å². The van der Waals surface area contributed by atoms with E-state index in [2.05, 4.69) is 10.0 Å². The van der Waals surface area contributed by atoms with Gasteiger partial charge in [-0.3, -0.25) is 19.6 Å². The van der Waals surface area contributed by atoms with E-state index in [0.29, 0.717) is 0 Å². The molecule has 0 aliphatic rings. The first kappa shape index (κ1) is 22.9.